The first-order valence-electron chi connectivity index (χ1n) is 4.57. The number of benzene rings is 1. The zero-order valence-electron chi connectivity index (χ0n) is 8.23. The Kier molecular flexibility index (Phi) is 4.26. The minimum atomic E-state index is 0.672. The summed E-state index contributed by atoms with van der Waals surface area (Å²) in [5.41, 5.74) is 4.02. The average molecular weight is 198 g/mol. The highest BCUT2D eigenvalue weighted by Gasteiger charge is 1.96. The van der Waals surface area contributed by atoms with Gasteiger partial charge in [-0.2, -0.15) is 0 Å². The largest absolute Gasteiger partial charge is 0.311 e. The van der Waals surface area contributed by atoms with Gasteiger partial charge in [0.05, 0.1) is 0 Å². The van der Waals surface area contributed by atoms with Crippen LogP contribution >= 0.6 is 11.6 Å². The van der Waals surface area contributed by atoms with E-state index < -0.39 is 0 Å². The maximum atomic E-state index is 5.57. The fourth-order valence-electron chi connectivity index (χ4n) is 1.33. The van der Waals surface area contributed by atoms with Gasteiger partial charge in [0, 0.05) is 19.0 Å². The number of rotatable bonds is 4. The summed E-state index contributed by atoms with van der Waals surface area (Å²) < 4.78 is 0. The number of halogens is 1. The Morgan fingerprint density at radius 1 is 1.31 bits per heavy atom. The van der Waals surface area contributed by atoms with E-state index in [4.69, 9.17) is 11.6 Å². The van der Waals surface area contributed by atoms with Crippen molar-refractivity contribution in [3.05, 3.63) is 34.9 Å². The van der Waals surface area contributed by atoms with Crippen LogP contribution in [0.1, 0.15) is 16.7 Å². The molecule has 0 aromatic heterocycles. The van der Waals surface area contributed by atoms with E-state index in [9.17, 15) is 0 Å². The summed E-state index contributed by atoms with van der Waals surface area (Å²) in [4.78, 5) is 0. The van der Waals surface area contributed by atoms with E-state index >= 15 is 0 Å². The lowest BCUT2D eigenvalue weighted by atomic mass is 10.1. The fourth-order valence-corrected chi connectivity index (χ4v) is 1.47. The van der Waals surface area contributed by atoms with Gasteiger partial charge < -0.3 is 5.32 Å². The molecule has 0 aliphatic heterocycles. The van der Waals surface area contributed by atoms with Crippen molar-refractivity contribution >= 4 is 11.6 Å². The van der Waals surface area contributed by atoms with Crippen molar-refractivity contribution in [2.75, 3.05) is 12.4 Å². The van der Waals surface area contributed by atoms with E-state index in [-0.39, 0.29) is 0 Å². The molecule has 1 aromatic carbocycles. The van der Waals surface area contributed by atoms with Crippen LogP contribution < -0.4 is 5.32 Å². The minimum absolute atomic E-state index is 0.672. The van der Waals surface area contributed by atoms with E-state index in [0.717, 1.165) is 13.1 Å². The van der Waals surface area contributed by atoms with Gasteiger partial charge in [-0.25, -0.2) is 0 Å². The summed E-state index contributed by atoms with van der Waals surface area (Å²) in [7, 11) is 0. The Balaban J connectivity index is 2.56. The first kappa shape index (κ1) is 10.6. The van der Waals surface area contributed by atoms with Crippen LogP contribution in [0, 0.1) is 13.8 Å². The molecule has 0 saturated carbocycles. The van der Waals surface area contributed by atoms with Crippen molar-refractivity contribution in [3.8, 4) is 0 Å². The molecule has 0 spiro atoms. The highest BCUT2D eigenvalue weighted by Crippen LogP contribution is 2.09. The molecular formula is C11H16ClN. The van der Waals surface area contributed by atoms with E-state index in [1.807, 2.05) is 0 Å². The SMILES string of the molecule is Cc1ccc(CNCCCl)c(C)c1. The Morgan fingerprint density at radius 2 is 2.08 bits per heavy atom. The summed E-state index contributed by atoms with van der Waals surface area (Å²) in [6.07, 6.45) is 0. The number of aryl methyl sites for hydroxylation is 2. The second-order valence-corrected chi connectivity index (χ2v) is 3.67. The van der Waals surface area contributed by atoms with Crippen LogP contribution in [0.5, 0.6) is 0 Å². The van der Waals surface area contributed by atoms with Gasteiger partial charge in [-0.05, 0) is 25.0 Å². The quantitative estimate of drug-likeness (QED) is 0.578. The Labute approximate surface area is 85.1 Å². The molecule has 13 heavy (non-hydrogen) atoms. The van der Waals surface area contributed by atoms with E-state index in [1.54, 1.807) is 0 Å². The molecule has 2 heteroatoms. The molecule has 0 heterocycles. The molecule has 0 fully saturated rings. The van der Waals surface area contributed by atoms with Crippen molar-refractivity contribution in [2.45, 2.75) is 20.4 Å². The maximum absolute atomic E-state index is 5.57. The van der Waals surface area contributed by atoms with E-state index in [2.05, 4.69) is 37.4 Å². The minimum Gasteiger partial charge on any atom is -0.311 e. The maximum Gasteiger partial charge on any atom is 0.0348 e. The van der Waals surface area contributed by atoms with Crippen LogP contribution in [-0.2, 0) is 6.54 Å². The molecule has 0 amide bonds. The van der Waals surface area contributed by atoms with Crippen LogP contribution in [0.25, 0.3) is 0 Å². The second-order valence-electron chi connectivity index (χ2n) is 3.30. The zero-order valence-corrected chi connectivity index (χ0v) is 8.99. The molecule has 0 aliphatic rings. The third kappa shape index (κ3) is 3.37. The van der Waals surface area contributed by atoms with Crippen LogP contribution in [0.15, 0.2) is 18.2 Å². The van der Waals surface area contributed by atoms with Crippen molar-refractivity contribution in [1.29, 1.82) is 0 Å². The standard InChI is InChI=1S/C11H16ClN/c1-9-3-4-11(10(2)7-9)8-13-6-5-12/h3-4,7,13H,5-6,8H2,1-2H3. The Hall–Kier alpha value is -0.530. The molecule has 0 radical (unpaired) electrons. The summed E-state index contributed by atoms with van der Waals surface area (Å²) in [5, 5.41) is 3.28. The van der Waals surface area contributed by atoms with Gasteiger partial charge in [-0.1, -0.05) is 23.8 Å². The number of nitrogens with one attached hydrogen (secondary N) is 1. The normalized spacial score (nSPS) is 10.4. The first-order valence-corrected chi connectivity index (χ1v) is 5.10. The van der Waals surface area contributed by atoms with Crippen molar-refractivity contribution in [3.63, 3.8) is 0 Å². The molecular weight excluding hydrogens is 182 g/mol. The average Bonchev–Trinajstić information content (AvgIpc) is 2.09. The topological polar surface area (TPSA) is 12.0 Å². The van der Waals surface area contributed by atoms with Crippen molar-refractivity contribution in [2.24, 2.45) is 0 Å². The Bertz CT molecular complexity index is 271. The lowest BCUT2D eigenvalue weighted by Gasteiger charge is -2.07. The first-order chi connectivity index (χ1) is 6.24. The molecule has 1 N–H and O–H groups in total. The van der Waals surface area contributed by atoms with Gasteiger partial charge in [-0.3, -0.25) is 0 Å². The zero-order chi connectivity index (χ0) is 9.68. The van der Waals surface area contributed by atoms with Gasteiger partial charge in [-0.15, -0.1) is 11.6 Å². The smallest absolute Gasteiger partial charge is 0.0348 e. The van der Waals surface area contributed by atoms with Gasteiger partial charge >= 0.3 is 0 Å². The number of hydrogen-bond acceptors (Lipinski definition) is 1. The molecule has 0 saturated heterocycles. The fraction of sp³-hybridized carbons (Fsp3) is 0.455. The third-order valence-electron chi connectivity index (χ3n) is 2.08. The van der Waals surface area contributed by atoms with Gasteiger partial charge in [0.25, 0.3) is 0 Å². The number of alkyl halides is 1. The van der Waals surface area contributed by atoms with Crippen LogP contribution in [0.4, 0.5) is 0 Å². The molecule has 1 nitrogen and oxygen atoms in total. The predicted octanol–water partition coefficient (Wildman–Crippen LogP) is 2.63. The third-order valence-corrected chi connectivity index (χ3v) is 2.27. The summed E-state index contributed by atoms with van der Waals surface area (Å²) in [6.45, 7) is 6.04. The van der Waals surface area contributed by atoms with Crippen molar-refractivity contribution < 1.29 is 0 Å². The molecule has 72 valence electrons. The van der Waals surface area contributed by atoms with Crippen molar-refractivity contribution in [1.82, 2.24) is 5.32 Å². The second kappa shape index (κ2) is 5.25. The highest BCUT2D eigenvalue weighted by atomic mass is 35.5. The summed E-state index contributed by atoms with van der Waals surface area (Å²) >= 11 is 5.57. The molecule has 0 unspecified atom stereocenters. The van der Waals surface area contributed by atoms with Gasteiger partial charge in [0.1, 0.15) is 0 Å². The van der Waals surface area contributed by atoms with E-state index in [0.29, 0.717) is 5.88 Å². The monoisotopic (exact) mass is 197 g/mol. The Morgan fingerprint density at radius 3 is 2.69 bits per heavy atom. The summed E-state index contributed by atoms with van der Waals surface area (Å²) in [6, 6.07) is 6.52. The van der Waals surface area contributed by atoms with Gasteiger partial charge in [0.2, 0.25) is 0 Å². The van der Waals surface area contributed by atoms with Crippen LogP contribution in [0.3, 0.4) is 0 Å². The van der Waals surface area contributed by atoms with Gasteiger partial charge in [0.15, 0.2) is 0 Å². The molecule has 1 rings (SSSR count). The predicted molar refractivity (Wildman–Crippen MR) is 58.3 cm³/mol. The molecule has 0 bridgehead atoms. The molecule has 0 atom stereocenters. The lowest BCUT2D eigenvalue weighted by Crippen LogP contribution is -2.16. The lowest BCUT2D eigenvalue weighted by molar-refractivity contribution is 0.726. The highest BCUT2D eigenvalue weighted by molar-refractivity contribution is 6.18. The van der Waals surface area contributed by atoms with Crippen LogP contribution in [0.2, 0.25) is 0 Å². The molecule has 0 aliphatic carbocycles. The number of hydrogen-bond donors (Lipinski definition) is 1. The summed E-state index contributed by atoms with van der Waals surface area (Å²) in [5.74, 6) is 0.672. The molecule has 1 aromatic rings. The van der Waals surface area contributed by atoms with E-state index in [1.165, 1.54) is 16.7 Å². The van der Waals surface area contributed by atoms with Crippen LogP contribution in [-0.4, -0.2) is 12.4 Å².